The predicted molar refractivity (Wildman–Crippen MR) is 41.4 cm³/mol. The largest absolute Gasteiger partial charge is 0.391 e. The fourth-order valence-corrected chi connectivity index (χ4v) is 0.454. The second-order valence-electron chi connectivity index (χ2n) is 1.39. The number of hydrogen-bond acceptors (Lipinski definition) is 4. The van der Waals surface area contributed by atoms with Crippen LogP contribution in [-0.2, 0) is 14.3 Å². The summed E-state index contributed by atoms with van der Waals surface area (Å²) in [4.78, 5) is 0. The summed E-state index contributed by atoms with van der Waals surface area (Å²) >= 11 is 0. The van der Waals surface area contributed by atoms with E-state index in [9.17, 15) is 8.42 Å². The van der Waals surface area contributed by atoms with Gasteiger partial charge in [0.2, 0.25) is 0 Å². The highest BCUT2D eigenvalue weighted by molar-refractivity contribution is 7.86. The van der Waals surface area contributed by atoms with Gasteiger partial charge in [-0.25, -0.2) is 0 Å². The molecule has 0 aromatic rings. The summed E-state index contributed by atoms with van der Waals surface area (Å²) in [6.07, 6.45) is 3.42. The van der Waals surface area contributed by atoms with Crippen molar-refractivity contribution in [3.8, 4) is 0 Å². The van der Waals surface area contributed by atoms with Crippen LogP contribution in [0.15, 0.2) is 12.5 Å². The van der Waals surface area contributed by atoms with E-state index in [1.165, 1.54) is 6.20 Å². The average Bonchev–Trinajstić information content (AvgIpc) is 1.63. The molecule has 0 rings (SSSR count). The summed E-state index contributed by atoms with van der Waals surface area (Å²) in [6.45, 7) is 0. The van der Waals surface area contributed by atoms with Gasteiger partial charge in [0.15, 0.2) is 0 Å². The molecule has 0 radical (unpaired) electrons. The standard InChI is InChI=1S/C4H9NO3S.ClH/c1-5-3-4-8-9(2,6)7;/h3-5H,1-2H3;1H. The molecule has 0 heterocycles. The van der Waals surface area contributed by atoms with Crippen LogP contribution in [0, 0.1) is 0 Å². The first kappa shape index (κ1) is 12.3. The molecule has 62 valence electrons. The lowest BCUT2D eigenvalue weighted by Gasteiger charge is -1.92. The van der Waals surface area contributed by atoms with Gasteiger partial charge in [-0.05, 0) is 0 Å². The molecule has 0 saturated carbocycles. The minimum absolute atomic E-state index is 0. The first-order valence-electron chi connectivity index (χ1n) is 2.27. The minimum Gasteiger partial charge on any atom is -0.391 e. The zero-order valence-electron chi connectivity index (χ0n) is 5.70. The molecule has 0 aliphatic rings. The van der Waals surface area contributed by atoms with Crippen LogP contribution in [-0.4, -0.2) is 21.7 Å². The quantitative estimate of drug-likeness (QED) is 0.502. The van der Waals surface area contributed by atoms with E-state index in [4.69, 9.17) is 0 Å². The van der Waals surface area contributed by atoms with E-state index < -0.39 is 10.1 Å². The Morgan fingerprint density at radius 1 is 1.50 bits per heavy atom. The van der Waals surface area contributed by atoms with Crippen molar-refractivity contribution in [1.82, 2.24) is 5.32 Å². The Labute approximate surface area is 66.8 Å². The van der Waals surface area contributed by atoms with Crippen molar-refractivity contribution in [3.05, 3.63) is 12.5 Å². The Morgan fingerprint density at radius 3 is 2.30 bits per heavy atom. The fourth-order valence-electron chi connectivity index (χ4n) is 0.197. The maximum atomic E-state index is 10.2. The number of rotatable bonds is 3. The summed E-state index contributed by atoms with van der Waals surface area (Å²) in [5.74, 6) is 0. The molecule has 0 atom stereocenters. The summed E-state index contributed by atoms with van der Waals surface area (Å²) < 4.78 is 24.6. The second-order valence-corrected chi connectivity index (χ2v) is 2.99. The third-order valence-electron chi connectivity index (χ3n) is 0.465. The van der Waals surface area contributed by atoms with Crippen LogP contribution in [0.5, 0.6) is 0 Å². The Bertz CT molecular complexity index is 187. The second kappa shape index (κ2) is 5.37. The van der Waals surface area contributed by atoms with Gasteiger partial charge >= 0.3 is 10.1 Å². The van der Waals surface area contributed by atoms with Crippen LogP contribution < -0.4 is 5.32 Å². The molecule has 0 unspecified atom stereocenters. The first-order valence-corrected chi connectivity index (χ1v) is 4.08. The van der Waals surface area contributed by atoms with Crippen LogP contribution in [0.2, 0.25) is 0 Å². The average molecular weight is 188 g/mol. The van der Waals surface area contributed by atoms with Gasteiger partial charge in [0, 0.05) is 13.2 Å². The molecule has 1 N–H and O–H groups in total. The number of halogens is 1. The SMILES string of the molecule is CNC=COS(C)(=O)=O.Cl. The minimum atomic E-state index is -3.32. The molecule has 0 aliphatic carbocycles. The van der Waals surface area contributed by atoms with E-state index in [0.29, 0.717) is 0 Å². The van der Waals surface area contributed by atoms with E-state index in [1.54, 1.807) is 7.05 Å². The molecule has 0 fully saturated rings. The number of hydrogen-bond donors (Lipinski definition) is 1. The van der Waals surface area contributed by atoms with Crippen molar-refractivity contribution in [2.75, 3.05) is 13.3 Å². The first-order chi connectivity index (χ1) is 4.06. The third kappa shape index (κ3) is 10.5. The highest BCUT2D eigenvalue weighted by atomic mass is 35.5. The normalized spacial score (nSPS) is 10.6. The van der Waals surface area contributed by atoms with Gasteiger partial charge in [0.05, 0.1) is 6.26 Å². The summed E-state index contributed by atoms with van der Waals surface area (Å²) in [5.41, 5.74) is 0. The van der Waals surface area contributed by atoms with Crippen molar-refractivity contribution in [1.29, 1.82) is 0 Å². The van der Waals surface area contributed by atoms with Gasteiger partial charge in [-0.2, -0.15) is 8.42 Å². The van der Waals surface area contributed by atoms with Gasteiger partial charge in [-0.1, -0.05) is 0 Å². The molecule has 0 spiro atoms. The van der Waals surface area contributed by atoms with Crippen molar-refractivity contribution >= 4 is 22.5 Å². The number of nitrogens with one attached hydrogen (secondary N) is 1. The topological polar surface area (TPSA) is 55.4 Å². The fraction of sp³-hybridized carbons (Fsp3) is 0.500. The van der Waals surface area contributed by atoms with E-state index in [-0.39, 0.29) is 12.4 Å². The summed E-state index contributed by atoms with van der Waals surface area (Å²) in [6, 6.07) is 0. The van der Waals surface area contributed by atoms with Crippen LogP contribution in [0.4, 0.5) is 0 Å². The van der Waals surface area contributed by atoms with Crippen LogP contribution in [0.25, 0.3) is 0 Å². The van der Waals surface area contributed by atoms with E-state index in [1.807, 2.05) is 0 Å². The Morgan fingerprint density at radius 2 is 2.00 bits per heavy atom. The molecule has 0 saturated heterocycles. The Kier molecular flexibility index (Phi) is 6.59. The lowest BCUT2D eigenvalue weighted by molar-refractivity contribution is 0.447. The molecular formula is C4H10ClNO3S. The molecule has 0 aliphatic heterocycles. The van der Waals surface area contributed by atoms with Gasteiger partial charge in [-0.3, -0.25) is 0 Å². The van der Waals surface area contributed by atoms with Crippen molar-refractivity contribution in [2.24, 2.45) is 0 Å². The highest BCUT2D eigenvalue weighted by Crippen LogP contribution is 1.84. The van der Waals surface area contributed by atoms with Crippen LogP contribution in [0.1, 0.15) is 0 Å². The third-order valence-corrected chi connectivity index (χ3v) is 0.926. The van der Waals surface area contributed by atoms with E-state index >= 15 is 0 Å². The zero-order chi connectivity index (χ0) is 7.33. The van der Waals surface area contributed by atoms with Crippen LogP contribution >= 0.6 is 12.4 Å². The van der Waals surface area contributed by atoms with Gasteiger partial charge in [0.25, 0.3) is 0 Å². The lowest BCUT2D eigenvalue weighted by atomic mass is 11.0. The molecule has 4 nitrogen and oxygen atoms in total. The molecule has 0 aromatic carbocycles. The molecule has 6 heteroatoms. The Hall–Kier alpha value is -0.420. The summed E-state index contributed by atoms with van der Waals surface area (Å²) in [5, 5.41) is 2.57. The van der Waals surface area contributed by atoms with Gasteiger partial charge in [-0.15, -0.1) is 12.4 Å². The van der Waals surface area contributed by atoms with E-state index in [0.717, 1.165) is 12.5 Å². The molecule has 0 amide bonds. The lowest BCUT2D eigenvalue weighted by Crippen LogP contribution is -1.98. The predicted octanol–water partition coefficient (Wildman–Crippen LogP) is 0.0750. The zero-order valence-corrected chi connectivity index (χ0v) is 7.33. The highest BCUT2D eigenvalue weighted by Gasteiger charge is 1.93. The van der Waals surface area contributed by atoms with E-state index in [2.05, 4.69) is 9.50 Å². The maximum absolute atomic E-state index is 10.2. The Balaban J connectivity index is 0. The van der Waals surface area contributed by atoms with Crippen LogP contribution in [0.3, 0.4) is 0 Å². The van der Waals surface area contributed by atoms with Crippen molar-refractivity contribution in [3.63, 3.8) is 0 Å². The maximum Gasteiger partial charge on any atom is 0.305 e. The monoisotopic (exact) mass is 187 g/mol. The summed E-state index contributed by atoms with van der Waals surface area (Å²) in [7, 11) is -1.68. The van der Waals surface area contributed by atoms with Crippen molar-refractivity contribution in [2.45, 2.75) is 0 Å². The van der Waals surface area contributed by atoms with Gasteiger partial charge in [0.1, 0.15) is 6.26 Å². The molecule has 0 bridgehead atoms. The van der Waals surface area contributed by atoms with Gasteiger partial charge < -0.3 is 9.50 Å². The smallest absolute Gasteiger partial charge is 0.305 e. The van der Waals surface area contributed by atoms with Crippen molar-refractivity contribution < 1.29 is 12.6 Å². The molecule has 0 aromatic heterocycles. The molecular weight excluding hydrogens is 178 g/mol. The molecule has 10 heavy (non-hydrogen) atoms.